The summed E-state index contributed by atoms with van der Waals surface area (Å²) in [5.41, 5.74) is 8.98. The average Bonchev–Trinajstić information content (AvgIpc) is 3.04. The maximum absolute atomic E-state index is 13.3. The number of benzene rings is 2. The van der Waals surface area contributed by atoms with Crippen molar-refractivity contribution < 1.29 is 18.7 Å². The Bertz CT molecular complexity index is 1210. The zero-order chi connectivity index (χ0) is 22.3. The number of rotatable bonds is 3. The number of aromatic amines is 1. The van der Waals surface area contributed by atoms with E-state index < -0.39 is 17.2 Å². The number of hydrogen-bond acceptors (Lipinski definition) is 4. The van der Waals surface area contributed by atoms with Crippen molar-refractivity contribution in [3.8, 4) is 0 Å². The number of carbonyl (C=O) groups excluding carboxylic acids is 2. The molecule has 160 valence electrons. The minimum atomic E-state index is -0.530. The quantitative estimate of drug-likeness (QED) is 0.489. The van der Waals surface area contributed by atoms with E-state index >= 15 is 0 Å². The maximum atomic E-state index is 13.3. The fourth-order valence-electron chi connectivity index (χ4n) is 4.14. The highest BCUT2D eigenvalue weighted by Gasteiger charge is 2.37. The minimum Gasteiger partial charge on any atom is -0.462 e. The van der Waals surface area contributed by atoms with Crippen molar-refractivity contribution >= 4 is 34.0 Å². The number of fused-ring (bicyclic) bond motifs is 3. The highest BCUT2D eigenvalue weighted by Crippen LogP contribution is 2.41. The van der Waals surface area contributed by atoms with Gasteiger partial charge in [0.25, 0.3) is 5.91 Å². The Hall–Kier alpha value is -3.61. The zero-order valence-electron chi connectivity index (χ0n) is 17.7. The van der Waals surface area contributed by atoms with E-state index in [4.69, 9.17) is 10.5 Å². The molecule has 2 heterocycles. The number of ether oxygens (including phenoxy) is 1. The summed E-state index contributed by atoms with van der Waals surface area (Å²) in [5.74, 6) is -1.28. The number of nitrogen functional groups attached to an aromatic ring is 1. The van der Waals surface area contributed by atoms with E-state index in [1.807, 2.05) is 32.0 Å². The van der Waals surface area contributed by atoms with E-state index in [0.29, 0.717) is 23.5 Å². The molecule has 0 aliphatic carbocycles. The SMILES string of the molecule is CCOC(=O)C1=CN(C(=O)c2ccc(F)cc2)CC(C)(C)c2c1[nH]c1cc(N)ccc21. The molecule has 6 nitrogen and oxygen atoms in total. The van der Waals surface area contributed by atoms with Crippen LogP contribution in [0.2, 0.25) is 0 Å². The molecule has 3 aromatic rings. The van der Waals surface area contributed by atoms with Gasteiger partial charge >= 0.3 is 5.97 Å². The summed E-state index contributed by atoms with van der Waals surface area (Å²) in [5, 5.41) is 0.931. The van der Waals surface area contributed by atoms with Crippen LogP contribution in [0, 0.1) is 5.82 Å². The van der Waals surface area contributed by atoms with Crippen LogP contribution in [0.3, 0.4) is 0 Å². The monoisotopic (exact) mass is 421 g/mol. The Morgan fingerprint density at radius 2 is 1.90 bits per heavy atom. The Kier molecular flexibility index (Phi) is 5.05. The van der Waals surface area contributed by atoms with Crippen LogP contribution in [-0.4, -0.2) is 34.9 Å². The molecule has 1 aliphatic heterocycles. The number of nitrogens with one attached hydrogen (secondary N) is 1. The van der Waals surface area contributed by atoms with Crippen molar-refractivity contribution in [3.05, 3.63) is 71.3 Å². The molecular weight excluding hydrogens is 397 g/mol. The Morgan fingerprint density at radius 3 is 2.58 bits per heavy atom. The molecule has 1 aliphatic rings. The van der Waals surface area contributed by atoms with Gasteiger partial charge in [-0.25, -0.2) is 9.18 Å². The minimum absolute atomic E-state index is 0.202. The van der Waals surface area contributed by atoms with Gasteiger partial charge < -0.3 is 20.4 Å². The van der Waals surface area contributed by atoms with Crippen LogP contribution in [0.4, 0.5) is 10.1 Å². The van der Waals surface area contributed by atoms with Crippen molar-refractivity contribution in [2.75, 3.05) is 18.9 Å². The summed E-state index contributed by atoms with van der Waals surface area (Å²) in [6.45, 7) is 6.28. The predicted octanol–water partition coefficient (Wildman–Crippen LogP) is 4.23. The number of anilines is 1. The number of aromatic nitrogens is 1. The van der Waals surface area contributed by atoms with E-state index in [9.17, 15) is 14.0 Å². The summed E-state index contributed by atoms with van der Waals surface area (Å²) >= 11 is 0. The van der Waals surface area contributed by atoms with E-state index in [1.165, 1.54) is 35.4 Å². The normalized spacial score (nSPS) is 15.2. The molecule has 0 saturated heterocycles. The molecule has 0 bridgehead atoms. The Morgan fingerprint density at radius 1 is 1.19 bits per heavy atom. The van der Waals surface area contributed by atoms with Crippen molar-refractivity contribution in [2.45, 2.75) is 26.2 Å². The molecule has 1 amide bonds. The van der Waals surface area contributed by atoms with E-state index in [2.05, 4.69) is 4.98 Å². The van der Waals surface area contributed by atoms with Crippen LogP contribution in [-0.2, 0) is 14.9 Å². The van der Waals surface area contributed by atoms with Crippen molar-refractivity contribution in [1.82, 2.24) is 9.88 Å². The smallest absolute Gasteiger partial charge is 0.341 e. The van der Waals surface area contributed by atoms with Gasteiger partial charge in [0.2, 0.25) is 0 Å². The third-order valence-corrected chi connectivity index (χ3v) is 5.47. The van der Waals surface area contributed by atoms with E-state index in [-0.39, 0.29) is 18.1 Å². The molecule has 0 saturated carbocycles. The second kappa shape index (κ2) is 7.58. The number of amides is 1. The first-order valence-electron chi connectivity index (χ1n) is 10.1. The lowest BCUT2D eigenvalue weighted by atomic mass is 9.81. The highest BCUT2D eigenvalue weighted by atomic mass is 19.1. The number of hydrogen-bond donors (Lipinski definition) is 2. The van der Waals surface area contributed by atoms with Crippen LogP contribution < -0.4 is 5.73 Å². The Labute approximate surface area is 179 Å². The van der Waals surface area contributed by atoms with Crippen LogP contribution in [0.15, 0.2) is 48.7 Å². The van der Waals surface area contributed by atoms with Gasteiger partial charge in [0, 0.05) is 40.3 Å². The fourth-order valence-corrected chi connectivity index (χ4v) is 4.14. The second-order valence-electron chi connectivity index (χ2n) is 8.27. The van der Waals surface area contributed by atoms with Crippen LogP contribution in [0.5, 0.6) is 0 Å². The molecule has 0 unspecified atom stereocenters. The molecule has 4 rings (SSSR count). The number of carbonyl (C=O) groups is 2. The van der Waals surface area contributed by atoms with Gasteiger partial charge in [-0.05, 0) is 48.9 Å². The average molecular weight is 421 g/mol. The van der Waals surface area contributed by atoms with Crippen LogP contribution in [0.25, 0.3) is 16.5 Å². The first kappa shape index (κ1) is 20.7. The maximum Gasteiger partial charge on any atom is 0.341 e. The highest BCUT2D eigenvalue weighted by molar-refractivity contribution is 6.18. The number of nitrogens with two attached hydrogens (primary N) is 1. The summed E-state index contributed by atoms with van der Waals surface area (Å²) in [4.78, 5) is 30.9. The van der Waals surface area contributed by atoms with Gasteiger partial charge in [-0.2, -0.15) is 0 Å². The molecule has 2 aromatic carbocycles. The van der Waals surface area contributed by atoms with Crippen molar-refractivity contribution in [1.29, 1.82) is 0 Å². The van der Waals surface area contributed by atoms with Crippen LogP contribution >= 0.6 is 0 Å². The van der Waals surface area contributed by atoms with Crippen molar-refractivity contribution in [2.24, 2.45) is 0 Å². The van der Waals surface area contributed by atoms with Gasteiger partial charge in [-0.1, -0.05) is 19.9 Å². The Balaban J connectivity index is 1.90. The van der Waals surface area contributed by atoms with Crippen molar-refractivity contribution in [3.63, 3.8) is 0 Å². The number of esters is 1. The molecule has 0 spiro atoms. The first-order valence-corrected chi connectivity index (χ1v) is 10.1. The van der Waals surface area contributed by atoms with Gasteiger partial charge in [-0.15, -0.1) is 0 Å². The largest absolute Gasteiger partial charge is 0.462 e. The summed E-state index contributed by atoms with van der Waals surface area (Å²) in [6.07, 6.45) is 1.52. The number of halogens is 1. The topological polar surface area (TPSA) is 88.4 Å². The van der Waals surface area contributed by atoms with E-state index in [1.54, 1.807) is 6.92 Å². The van der Waals surface area contributed by atoms with Gasteiger partial charge in [-0.3, -0.25) is 4.79 Å². The molecule has 0 atom stereocenters. The molecule has 0 fully saturated rings. The number of H-pyrrole nitrogens is 1. The third-order valence-electron chi connectivity index (χ3n) is 5.47. The number of nitrogens with zero attached hydrogens (tertiary/aromatic N) is 1. The molecule has 3 N–H and O–H groups in total. The van der Waals surface area contributed by atoms with E-state index in [0.717, 1.165) is 16.5 Å². The molecular formula is C24H24FN3O3. The lowest BCUT2D eigenvalue weighted by molar-refractivity contribution is -0.136. The fraction of sp³-hybridized carbons (Fsp3) is 0.250. The van der Waals surface area contributed by atoms with Gasteiger partial charge in [0.15, 0.2) is 0 Å². The lowest BCUT2D eigenvalue weighted by Crippen LogP contribution is -2.36. The molecule has 1 aromatic heterocycles. The lowest BCUT2D eigenvalue weighted by Gasteiger charge is -2.29. The predicted molar refractivity (Wildman–Crippen MR) is 118 cm³/mol. The van der Waals surface area contributed by atoms with Gasteiger partial charge in [0.1, 0.15) is 5.82 Å². The zero-order valence-corrected chi connectivity index (χ0v) is 17.7. The summed E-state index contributed by atoms with van der Waals surface area (Å²) in [7, 11) is 0. The molecule has 7 heteroatoms. The standard InChI is InChI=1S/C24H24FN3O3/c1-4-31-23(30)18-12-28(22(29)14-5-7-15(25)8-6-14)13-24(2,3)20-17-10-9-16(26)11-19(17)27-21(18)20/h5-12,27H,4,13,26H2,1-3H3. The molecule has 0 radical (unpaired) electrons. The first-order chi connectivity index (χ1) is 14.7. The summed E-state index contributed by atoms with van der Waals surface area (Å²) < 4.78 is 18.6. The summed E-state index contributed by atoms with van der Waals surface area (Å²) in [6, 6.07) is 10.9. The molecule has 31 heavy (non-hydrogen) atoms. The second-order valence-corrected chi connectivity index (χ2v) is 8.27. The van der Waals surface area contributed by atoms with Crippen LogP contribution in [0.1, 0.15) is 42.4 Å². The van der Waals surface area contributed by atoms with Gasteiger partial charge in [0.05, 0.1) is 17.9 Å². The third kappa shape index (κ3) is 3.67.